The third kappa shape index (κ3) is 4.32. The fourth-order valence-electron chi connectivity index (χ4n) is 4.94. The van der Waals surface area contributed by atoms with Crippen molar-refractivity contribution in [1.29, 1.82) is 0 Å². The van der Waals surface area contributed by atoms with Gasteiger partial charge in [0.25, 0.3) is 0 Å². The van der Waals surface area contributed by atoms with Crippen molar-refractivity contribution in [3.8, 4) is 11.8 Å². The van der Waals surface area contributed by atoms with E-state index in [1.54, 1.807) is 13.8 Å². The fourth-order valence-corrected chi connectivity index (χ4v) is 5.87. The lowest BCUT2D eigenvalue weighted by molar-refractivity contribution is 0.143. The fraction of sp³-hybridized carbons (Fsp3) is 0.419. The van der Waals surface area contributed by atoms with Gasteiger partial charge in [0.15, 0.2) is 0 Å². The smallest absolute Gasteiger partial charge is 0.120 e. The molecule has 180 valence electrons. The number of fused-ring (bicyclic) bond motifs is 4. The molecule has 4 heteroatoms. The topological polar surface area (TPSA) is 45.0 Å². The van der Waals surface area contributed by atoms with E-state index >= 15 is 0 Å². The summed E-state index contributed by atoms with van der Waals surface area (Å²) in [5, 5.41) is 14.7. The first-order valence-corrected chi connectivity index (χ1v) is 13.4. The van der Waals surface area contributed by atoms with Crippen molar-refractivity contribution >= 4 is 33.7 Å². The van der Waals surface area contributed by atoms with E-state index in [-0.39, 0.29) is 10.8 Å². The van der Waals surface area contributed by atoms with Gasteiger partial charge in [-0.25, -0.2) is 9.98 Å². The average Bonchev–Trinajstić information content (AvgIpc) is 3.28. The number of aliphatic hydroxyl groups is 1. The van der Waals surface area contributed by atoms with Crippen LogP contribution in [0.1, 0.15) is 84.9 Å². The maximum Gasteiger partial charge on any atom is 0.120 e. The summed E-state index contributed by atoms with van der Waals surface area (Å²) in [6, 6.07) is 8.98. The Bertz CT molecular complexity index is 1640. The molecular formula is C31H33IN2O. The lowest BCUT2D eigenvalue weighted by Gasteiger charge is -2.20. The van der Waals surface area contributed by atoms with Gasteiger partial charge in [0.05, 0.1) is 22.1 Å². The summed E-state index contributed by atoms with van der Waals surface area (Å²) in [6.07, 6.45) is 1.87. The van der Waals surface area contributed by atoms with E-state index in [1.165, 1.54) is 31.1 Å². The summed E-state index contributed by atoms with van der Waals surface area (Å²) in [5.74, 6) is 6.33. The summed E-state index contributed by atoms with van der Waals surface area (Å²) < 4.78 is 1.27. The molecule has 1 N–H and O–H groups in total. The standard InChI is InChI=1S/C31H33IN2O/c1-29(2,3)18-13-17(11-12-31(7,8)35)25-20-9-10-21-26-22(32)14-19(30(4,5)6)16-24(26)34-28(21)27(20)33-23(25)15-18/h13-16,35H,9-10H2,1-8H3. The Morgan fingerprint density at radius 2 is 1.23 bits per heavy atom. The van der Waals surface area contributed by atoms with Crippen LogP contribution in [0.3, 0.4) is 0 Å². The normalized spacial score (nSPS) is 16.6. The molecule has 2 aliphatic heterocycles. The van der Waals surface area contributed by atoms with Crippen LogP contribution in [-0.4, -0.2) is 10.7 Å². The lowest BCUT2D eigenvalue weighted by atomic mass is 9.84. The molecule has 0 bridgehead atoms. The minimum atomic E-state index is -1.05. The van der Waals surface area contributed by atoms with Crippen LogP contribution in [0.5, 0.6) is 0 Å². The Hall–Kier alpha value is -2.23. The van der Waals surface area contributed by atoms with Crippen molar-refractivity contribution in [3.05, 3.63) is 77.1 Å². The van der Waals surface area contributed by atoms with Gasteiger partial charge < -0.3 is 5.11 Å². The minimum Gasteiger partial charge on any atom is -0.378 e. The van der Waals surface area contributed by atoms with Crippen LogP contribution in [0.4, 0.5) is 0 Å². The van der Waals surface area contributed by atoms with Crippen molar-refractivity contribution < 1.29 is 5.11 Å². The molecule has 0 saturated heterocycles. The van der Waals surface area contributed by atoms with E-state index in [1.807, 2.05) is 0 Å². The van der Waals surface area contributed by atoms with Crippen molar-refractivity contribution in [2.24, 2.45) is 9.98 Å². The highest BCUT2D eigenvalue weighted by Gasteiger charge is 2.30. The zero-order valence-corrected chi connectivity index (χ0v) is 24.1. The number of benzene rings is 2. The van der Waals surface area contributed by atoms with Gasteiger partial charge in [-0.1, -0.05) is 53.4 Å². The molecule has 0 amide bonds. The largest absolute Gasteiger partial charge is 0.378 e. The Balaban J connectivity index is 1.83. The average molecular weight is 577 g/mol. The van der Waals surface area contributed by atoms with Crippen molar-refractivity contribution in [2.75, 3.05) is 0 Å². The Kier molecular flexibility index (Phi) is 5.51. The first-order chi connectivity index (χ1) is 16.1. The number of rotatable bonds is 0. The summed E-state index contributed by atoms with van der Waals surface area (Å²) in [6.45, 7) is 16.8. The van der Waals surface area contributed by atoms with Crippen molar-refractivity contribution in [3.63, 3.8) is 0 Å². The SMILES string of the molecule is CC(C)(O)C#Cc1cc(C(C)(C)C)cc2c1=C1CCC3=c4c(I)cc(C(C)(C)C)cc4=NC3=C1N=2. The number of hydrogen-bond donors (Lipinski definition) is 1. The van der Waals surface area contributed by atoms with Crippen LogP contribution in [0.25, 0.3) is 11.1 Å². The Morgan fingerprint density at radius 1 is 0.743 bits per heavy atom. The molecule has 0 radical (unpaired) electrons. The van der Waals surface area contributed by atoms with Crippen LogP contribution < -0.4 is 21.2 Å². The van der Waals surface area contributed by atoms with Gasteiger partial charge in [-0.15, -0.1) is 0 Å². The van der Waals surface area contributed by atoms with E-state index in [9.17, 15) is 5.11 Å². The van der Waals surface area contributed by atoms with E-state index < -0.39 is 5.60 Å². The Morgan fingerprint density at radius 3 is 1.74 bits per heavy atom. The highest BCUT2D eigenvalue weighted by Crippen LogP contribution is 2.38. The number of hydrogen-bond acceptors (Lipinski definition) is 3. The van der Waals surface area contributed by atoms with Crippen LogP contribution in [0, 0.1) is 15.4 Å². The van der Waals surface area contributed by atoms with Gasteiger partial charge in [0.1, 0.15) is 5.60 Å². The third-order valence-corrected chi connectivity index (χ3v) is 7.76. The first-order valence-electron chi connectivity index (χ1n) is 12.3. The maximum absolute atomic E-state index is 10.3. The van der Waals surface area contributed by atoms with Gasteiger partial charge in [0, 0.05) is 19.6 Å². The molecular weight excluding hydrogens is 543 g/mol. The second-order valence-corrected chi connectivity index (χ2v) is 13.6. The summed E-state index contributed by atoms with van der Waals surface area (Å²) in [7, 11) is 0. The molecule has 0 fully saturated rings. The van der Waals surface area contributed by atoms with Gasteiger partial charge in [-0.3, -0.25) is 0 Å². The quantitative estimate of drug-likeness (QED) is 0.370. The zero-order chi connectivity index (χ0) is 25.5. The van der Waals surface area contributed by atoms with Gasteiger partial charge in [-0.05, 0) is 107 Å². The summed E-state index contributed by atoms with van der Waals surface area (Å²) >= 11 is 2.47. The molecule has 0 unspecified atom stereocenters. The highest BCUT2D eigenvalue weighted by molar-refractivity contribution is 14.1. The number of nitrogens with zero attached hydrogens (tertiary/aromatic N) is 2. The van der Waals surface area contributed by atoms with Crippen LogP contribution in [0.15, 0.2) is 45.6 Å². The molecule has 2 heterocycles. The second kappa shape index (κ2) is 7.88. The van der Waals surface area contributed by atoms with Crippen molar-refractivity contribution in [1.82, 2.24) is 0 Å². The van der Waals surface area contributed by atoms with E-state index in [0.717, 1.165) is 45.7 Å². The Labute approximate surface area is 221 Å². The summed E-state index contributed by atoms with van der Waals surface area (Å²) in [4.78, 5) is 10.3. The molecule has 3 nitrogen and oxygen atoms in total. The molecule has 0 spiro atoms. The molecule has 0 aromatic heterocycles. The molecule has 3 aliphatic rings. The maximum atomic E-state index is 10.3. The predicted octanol–water partition coefficient (Wildman–Crippen LogP) is 4.28. The monoisotopic (exact) mass is 576 g/mol. The van der Waals surface area contributed by atoms with E-state index in [0.29, 0.717) is 0 Å². The molecule has 1 aliphatic carbocycles. The third-order valence-electron chi connectivity index (χ3n) is 6.91. The minimum absolute atomic E-state index is 0.0311. The number of allylic oxidation sites excluding steroid dienone is 2. The molecule has 5 rings (SSSR count). The summed E-state index contributed by atoms with van der Waals surface area (Å²) in [5.41, 5.74) is 7.04. The van der Waals surface area contributed by atoms with Gasteiger partial charge >= 0.3 is 0 Å². The number of halogens is 1. The second-order valence-electron chi connectivity index (χ2n) is 12.5. The van der Waals surface area contributed by atoms with Crippen molar-refractivity contribution in [2.45, 2.75) is 84.7 Å². The molecule has 2 aromatic rings. The molecule has 0 atom stereocenters. The van der Waals surface area contributed by atoms with Crippen LogP contribution in [-0.2, 0) is 10.8 Å². The van der Waals surface area contributed by atoms with E-state index in [2.05, 4.69) is 100 Å². The van der Waals surface area contributed by atoms with Crippen LogP contribution in [0.2, 0.25) is 0 Å². The first kappa shape index (κ1) is 24.5. The lowest BCUT2D eigenvalue weighted by Crippen LogP contribution is -2.31. The van der Waals surface area contributed by atoms with Gasteiger partial charge in [-0.2, -0.15) is 0 Å². The van der Waals surface area contributed by atoms with Crippen LogP contribution >= 0.6 is 22.6 Å². The molecule has 35 heavy (non-hydrogen) atoms. The molecule has 2 aromatic carbocycles. The van der Waals surface area contributed by atoms with Gasteiger partial charge in [0.2, 0.25) is 0 Å². The zero-order valence-electron chi connectivity index (χ0n) is 21.9. The molecule has 0 saturated carbocycles. The highest BCUT2D eigenvalue weighted by atomic mass is 127. The predicted molar refractivity (Wildman–Crippen MR) is 151 cm³/mol. The van der Waals surface area contributed by atoms with E-state index in [4.69, 9.17) is 9.98 Å².